The highest BCUT2D eigenvalue weighted by molar-refractivity contribution is 6.16. The number of ketones is 2. The Morgan fingerprint density at radius 3 is 2.19 bits per heavy atom. The maximum atomic E-state index is 13.7. The molecule has 2 fully saturated rings. The Labute approximate surface area is 250 Å². The predicted molar refractivity (Wildman–Crippen MR) is 156 cm³/mol. The summed E-state index contributed by atoms with van der Waals surface area (Å²) >= 11 is 0. The molecule has 0 radical (unpaired) electrons. The zero-order chi connectivity index (χ0) is 31.0. The minimum Gasteiger partial charge on any atom is -0.497 e. The standard InChI is InChI=1S/C31H38N4O8/c1-20(32-25(36)18-35-13-15-42-16-14-35)29(39)34-26(27(37)22-9-11-23(41-3)12-10-22)30(40)33-24(28(38)31(2)19-43-31)17-21-7-5-4-6-8-21/h4-12,20,24,26H,13-19H2,1-3H3,(H,32,36)(H,33,40)(H,34,39)/t20-,24-,26-,31+/m0/s1. The lowest BCUT2D eigenvalue weighted by Crippen LogP contribution is -2.59. The van der Waals surface area contributed by atoms with E-state index in [-0.39, 0.29) is 36.8 Å². The van der Waals surface area contributed by atoms with E-state index in [0.717, 1.165) is 5.56 Å². The summed E-state index contributed by atoms with van der Waals surface area (Å²) in [5, 5.41) is 7.80. The summed E-state index contributed by atoms with van der Waals surface area (Å²) < 4.78 is 15.8. The molecule has 2 heterocycles. The topological polar surface area (TPSA) is 156 Å². The van der Waals surface area contributed by atoms with Gasteiger partial charge >= 0.3 is 0 Å². The second-order valence-electron chi connectivity index (χ2n) is 10.8. The molecule has 0 bridgehead atoms. The smallest absolute Gasteiger partial charge is 0.251 e. The van der Waals surface area contributed by atoms with Crippen molar-refractivity contribution in [2.24, 2.45) is 0 Å². The number of hydrogen-bond donors (Lipinski definition) is 3. The molecule has 3 N–H and O–H groups in total. The Hall–Kier alpha value is -4.13. The van der Waals surface area contributed by atoms with Crippen LogP contribution in [0.1, 0.15) is 29.8 Å². The van der Waals surface area contributed by atoms with E-state index in [9.17, 15) is 24.0 Å². The summed E-state index contributed by atoms with van der Waals surface area (Å²) in [6, 6.07) is 11.5. The van der Waals surface area contributed by atoms with Crippen molar-refractivity contribution in [3.8, 4) is 5.75 Å². The summed E-state index contributed by atoms with van der Waals surface area (Å²) in [5.41, 5.74) is -0.0946. The van der Waals surface area contributed by atoms with Crippen LogP contribution < -0.4 is 20.7 Å². The summed E-state index contributed by atoms with van der Waals surface area (Å²) in [7, 11) is 1.48. The number of Topliss-reactive ketones (excluding diaryl/α,β-unsaturated/α-hetero) is 2. The molecule has 2 aromatic carbocycles. The average Bonchev–Trinajstić information content (AvgIpc) is 3.77. The van der Waals surface area contributed by atoms with E-state index in [1.165, 1.54) is 26.2 Å². The second-order valence-corrected chi connectivity index (χ2v) is 10.8. The van der Waals surface area contributed by atoms with Crippen LogP contribution in [0.2, 0.25) is 0 Å². The SMILES string of the molecule is COc1ccc(C(=O)[C@H](NC(=O)[C@H](C)NC(=O)CN2CCOCC2)C(=O)N[C@@H](Cc2ccccc2)C(=O)[C@@]2(C)CO2)cc1. The summed E-state index contributed by atoms with van der Waals surface area (Å²) in [6.07, 6.45) is 0.162. The second kappa shape index (κ2) is 14.4. The van der Waals surface area contributed by atoms with Crippen molar-refractivity contribution in [1.82, 2.24) is 20.9 Å². The van der Waals surface area contributed by atoms with Crippen molar-refractivity contribution in [3.05, 3.63) is 65.7 Å². The van der Waals surface area contributed by atoms with Crippen molar-refractivity contribution in [2.75, 3.05) is 46.6 Å². The van der Waals surface area contributed by atoms with Crippen LogP contribution in [-0.4, -0.2) is 104 Å². The van der Waals surface area contributed by atoms with E-state index in [2.05, 4.69) is 16.0 Å². The third kappa shape index (κ3) is 8.69. The number of carbonyl (C=O) groups is 5. The minimum absolute atomic E-state index is 0.0831. The first-order chi connectivity index (χ1) is 20.6. The normalized spacial score (nSPS) is 20.2. The van der Waals surface area contributed by atoms with Gasteiger partial charge in [0.1, 0.15) is 17.4 Å². The largest absolute Gasteiger partial charge is 0.497 e. The van der Waals surface area contributed by atoms with E-state index in [4.69, 9.17) is 14.2 Å². The molecule has 2 aliphatic heterocycles. The number of morpholine rings is 1. The molecular weight excluding hydrogens is 556 g/mol. The lowest BCUT2D eigenvalue weighted by Gasteiger charge is -2.27. The van der Waals surface area contributed by atoms with Gasteiger partial charge < -0.3 is 30.2 Å². The zero-order valence-electron chi connectivity index (χ0n) is 24.6. The van der Waals surface area contributed by atoms with Gasteiger partial charge in [-0.05, 0) is 50.1 Å². The number of rotatable bonds is 14. The Balaban J connectivity index is 1.51. The molecule has 4 atom stereocenters. The van der Waals surface area contributed by atoms with Crippen LogP contribution in [0.15, 0.2) is 54.6 Å². The maximum absolute atomic E-state index is 13.7. The maximum Gasteiger partial charge on any atom is 0.251 e. The third-order valence-electron chi connectivity index (χ3n) is 7.44. The van der Waals surface area contributed by atoms with Gasteiger partial charge in [0.25, 0.3) is 5.91 Å². The lowest BCUT2D eigenvalue weighted by atomic mass is 9.94. The fraction of sp³-hybridized carbons (Fsp3) is 0.452. The highest BCUT2D eigenvalue weighted by Gasteiger charge is 2.50. The molecule has 0 saturated carbocycles. The van der Waals surface area contributed by atoms with E-state index < -0.39 is 41.3 Å². The molecule has 2 saturated heterocycles. The molecular formula is C31H38N4O8. The fourth-order valence-corrected chi connectivity index (χ4v) is 4.69. The Bertz CT molecular complexity index is 1310. The average molecular weight is 595 g/mol. The first kappa shape index (κ1) is 31.8. The Kier molecular flexibility index (Phi) is 10.6. The number of carbonyl (C=O) groups excluding carboxylic acids is 5. The Morgan fingerprint density at radius 1 is 0.930 bits per heavy atom. The van der Waals surface area contributed by atoms with Crippen molar-refractivity contribution in [3.63, 3.8) is 0 Å². The van der Waals surface area contributed by atoms with Crippen molar-refractivity contribution < 1.29 is 38.2 Å². The summed E-state index contributed by atoms with van der Waals surface area (Å²) in [6.45, 7) is 5.65. The molecule has 12 heteroatoms. The first-order valence-corrected chi connectivity index (χ1v) is 14.2. The molecule has 0 aromatic heterocycles. The molecule has 0 spiro atoms. The van der Waals surface area contributed by atoms with Gasteiger partial charge in [0, 0.05) is 18.7 Å². The van der Waals surface area contributed by atoms with Gasteiger partial charge in [0.05, 0.1) is 39.5 Å². The van der Waals surface area contributed by atoms with Crippen molar-refractivity contribution >= 4 is 29.3 Å². The van der Waals surface area contributed by atoms with Gasteiger partial charge in [0.2, 0.25) is 11.8 Å². The van der Waals surface area contributed by atoms with Gasteiger partial charge in [-0.2, -0.15) is 0 Å². The van der Waals surface area contributed by atoms with Gasteiger partial charge in [-0.15, -0.1) is 0 Å². The number of nitrogens with zero attached hydrogens (tertiary/aromatic N) is 1. The third-order valence-corrected chi connectivity index (χ3v) is 7.44. The first-order valence-electron chi connectivity index (χ1n) is 14.2. The fourth-order valence-electron chi connectivity index (χ4n) is 4.69. The predicted octanol–water partition coefficient (Wildman–Crippen LogP) is 0.285. The van der Waals surface area contributed by atoms with Gasteiger partial charge in [0.15, 0.2) is 17.6 Å². The van der Waals surface area contributed by atoms with Crippen LogP contribution in [0.4, 0.5) is 0 Å². The van der Waals surface area contributed by atoms with E-state index in [1.54, 1.807) is 19.1 Å². The number of methoxy groups -OCH3 is 1. The highest BCUT2D eigenvalue weighted by Crippen LogP contribution is 2.29. The molecule has 3 amide bonds. The van der Waals surface area contributed by atoms with Crippen LogP contribution in [0.25, 0.3) is 0 Å². The number of epoxide rings is 1. The van der Waals surface area contributed by atoms with Gasteiger partial charge in [-0.3, -0.25) is 28.9 Å². The quantitative estimate of drug-likeness (QED) is 0.159. The van der Waals surface area contributed by atoms with Crippen LogP contribution in [0.5, 0.6) is 5.75 Å². The van der Waals surface area contributed by atoms with Crippen LogP contribution in [-0.2, 0) is 35.1 Å². The molecule has 2 aliphatic rings. The van der Waals surface area contributed by atoms with E-state index in [0.29, 0.717) is 32.1 Å². The minimum atomic E-state index is -1.68. The van der Waals surface area contributed by atoms with Crippen LogP contribution in [0, 0.1) is 0 Å². The van der Waals surface area contributed by atoms with Gasteiger partial charge in [-0.25, -0.2) is 0 Å². The van der Waals surface area contributed by atoms with E-state index in [1.807, 2.05) is 35.2 Å². The van der Waals surface area contributed by atoms with E-state index >= 15 is 0 Å². The zero-order valence-corrected chi connectivity index (χ0v) is 24.6. The number of amides is 3. The van der Waals surface area contributed by atoms with Crippen LogP contribution in [0.3, 0.4) is 0 Å². The molecule has 0 unspecified atom stereocenters. The molecule has 12 nitrogen and oxygen atoms in total. The van der Waals surface area contributed by atoms with Crippen molar-refractivity contribution in [2.45, 2.75) is 44.0 Å². The van der Waals surface area contributed by atoms with Gasteiger partial charge in [-0.1, -0.05) is 30.3 Å². The number of benzene rings is 2. The number of ether oxygens (including phenoxy) is 3. The molecule has 0 aliphatic carbocycles. The highest BCUT2D eigenvalue weighted by atomic mass is 16.6. The number of nitrogens with one attached hydrogen (secondary N) is 3. The summed E-state index contributed by atoms with van der Waals surface area (Å²) in [5.74, 6) is -2.50. The van der Waals surface area contributed by atoms with Crippen molar-refractivity contribution in [1.29, 1.82) is 0 Å². The summed E-state index contributed by atoms with van der Waals surface area (Å²) in [4.78, 5) is 68.3. The lowest BCUT2D eigenvalue weighted by molar-refractivity contribution is -0.133. The molecule has 2 aromatic rings. The number of hydrogen-bond acceptors (Lipinski definition) is 9. The van der Waals surface area contributed by atoms with Crippen LogP contribution >= 0.6 is 0 Å². The molecule has 43 heavy (non-hydrogen) atoms. The molecule has 4 rings (SSSR count). The molecule has 230 valence electrons. The Morgan fingerprint density at radius 2 is 1.58 bits per heavy atom. The monoisotopic (exact) mass is 594 g/mol.